The Kier molecular flexibility index (Phi) is 3.60. The molecule has 0 aliphatic carbocycles. The molecule has 1 aliphatic heterocycles. The van der Waals surface area contributed by atoms with Crippen molar-refractivity contribution < 1.29 is 9.32 Å². The Bertz CT molecular complexity index is 704. The average molecular weight is 287 g/mol. The predicted molar refractivity (Wildman–Crippen MR) is 75.9 cm³/mol. The second kappa shape index (κ2) is 5.55. The Hall–Kier alpha value is -2.37. The molecule has 6 nitrogen and oxygen atoms in total. The van der Waals surface area contributed by atoms with E-state index in [2.05, 4.69) is 10.1 Å². The monoisotopic (exact) mass is 287 g/mol. The Balaban J connectivity index is 1.90. The van der Waals surface area contributed by atoms with E-state index in [4.69, 9.17) is 4.52 Å². The molecule has 1 fully saturated rings. The minimum Gasteiger partial charge on any atom is -0.361 e. The molecule has 1 N–H and O–H groups in total. The van der Waals surface area contributed by atoms with Gasteiger partial charge in [-0.25, -0.2) is 0 Å². The first-order valence-electron chi connectivity index (χ1n) is 7.08. The van der Waals surface area contributed by atoms with Gasteiger partial charge in [-0.3, -0.25) is 9.59 Å². The molecule has 21 heavy (non-hydrogen) atoms. The zero-order chi connectivity index (χ0) is 14.8. The molecule has 0 bridgehead atoms. The highest BCUT2D eigenvalue weighted by atomic mass is 16.5. The fourth-order valence-electron chi connectivity index (χ4n) is 2.75. The zero-order valence-electron chi connectivity index (χ0n) is 11.8. The lowest BCUT2D eigenvalue weighted by Crippen LogP contribution is -2.39. The van der Waals surface area contributed by atoms with Gasteiger partial charge >= 0.3 is 0 Å². The number of hydrogen-bond acceptors (Lipinski definition) is 4. The second-order valence-electron chi connectivity index (χ2n) is 5.30. The first-order valence-corrected chi connectivity index (χ1v) is 7.08. The average Bonchev–Trinajstić information content (AvgIpc) is 2.93. The number of pyridine rings is 1. The van der Waals surface area contributed by atoms with E-state index >= 15 is 0 Å². The van der Waals surface area contributed by atoms with Gasteiger partial charge in [0.15, 0.2) is 0 Å². The number of aromatic amines is 1. The smallest absolute Gasteiger partial charge is 0.270 e. The van der Waals surface area contributed by atoms with Crippen LogP contribution in [-0.4, -0.2) is 27.5 Å². The Morgan fingerprint density at radius 3 is 3.00 bits per heavy atom. The molecule has 3 heterocycles. The van der Waals surface area contributed by atoms with Crippen molar-refractivity contribution in [3.05, 3.63) is 51.8 Å². The SMILES string of the molecule is Cc1cc([C@@H]2CCCCN2C(=O)c2cccc(=O)[nH]2)no1. The van der Waals surface area contributed by atoms with Gasteiger partial charge in [0.2, 0.25) is 5.56 Å². The third-order valence-corrected chi connectivity index (χ3v) is 3.75. The molecule has 0 radical (unpaired) electrons. The van der Waals surface area contributed by atoms with Crippen LogP contribution >= 0.6 is 0 Å². The van der Waals surface area contributed by atoms with Crippen LogP contribution in [-0.2, 0) is 0 Å². The predicted octanol–water partition coefficient (Wildman–Crippen LogP) is 2.04. The maximum atomic E-state index is 12.6. The number of aromatic nitrogens is 2. The number of carbonyl (C=O) groups excluding carboxylic acids is 1. The summed E-state index contributed by atoms with van der Waals surface area (Å²) in [5.41, 5.74) is 0.820. The largest absolute Gasteiger partial charge is 0.361 e. The summed E-state index contributed by atoms with van der Waals surface area (Å²) in [5, 5.41) is 4.04. The molecule has 1 atom stereocenters. The van der Waals surface area contributed by atoms with Crippen molar-refractivity contribution >= 4 is 5.91 Å². The van der Waals surface area contributed by atoms with Gasteiger partial charge in [-0.05, 0) is 32.3 Å². The van der Waals surface area contributed by atoms with Gasteiger partial charge in [0, 0.05) is 18.7 Å². The first-order chi connectivity index (χ1) is 10.1. The minimum atomic E-state index is -0.272. The lowest BCUT2D eigenvalue weighted by molar-refractivity contribution is 0.0595. The fourth-order valence-corrected chi connectivity index (χ4v) is 2.75. The molecule has 1 aliphatic rings. The van der Waals surface area contributed by atoms with Crippen molar-refractivity contribution in [3.63, 3.8) is 0 Å². The van der Waals surface area contributed by atoms with Gasteiger partial charge in [-0.15, -0.1) is 0 Å². The van der Waals surface area contributed by atoms with Crippen LogP contribution in [0, 0.1) is 6.92 Å². The lowest BCUT2D eigenvalue weighted by Gasteiger charge is -2.34. The Morgan fingerprint density at radius 2 is 2.29 bits per heavy atom. The van der Waals surface area contributed by atoms with E-state index < -0.39 is 0 Å². The van der Waals surface area contributed by atoms with Crippen LogP contribution in [0.25, 0.3) is 0 Å². The number of carbonyl (C=O) groups is 1. The lowest BCUT2D eigenvalue weighted by atomic mass is 9.98. The molecule has 110 valence electrons. The van der Waals surface area contributed by atoms with E-state index in [-0.39, 0.29) is 17.5 Å². The molecular weight excluding hydrogens is 270 g/mol. The van der Waals surface area contributed by atoms with E-state index in [0.29, 0.717) is 12.2 Å². The van der Waals surface area contributed by atoms with Gasteiger partial charge < -0.3 is 14.4 Å². The third kappa shape index (κ3) is 2.74. The van der Waals surface area contributed by atoms with Crippen LogP contribution in [0.5, 0.6) is 0 Å². The third-order valence-electron chi connectivity index (χ3n) is 3.75. The number of hydrogen-bond donors (Lipinski definition) is 1. The van der Waals surface area contributed by atoms with Crippen LogP contribution in [0.2, 0.25) is 0 Å². The van der Waals surface area contributed by atoms with Gasteiger partial charge in [0.25, 0.3) is 5.91 Å². The van der Waals surface area contributed by atoms with Crippen molar-refractivity contribution in [2.45, 2.75) is 32.2 Å². The summed E-state index contributed by atoms with van der Waals surface area (Å²) < 4.78 is 5.12. The Morgan fingerprint density at radius 1 is 1.43 bits per heavy atom. The summed E-state index contributed by atoms with van der Waals surface area (Å²) in [7, 11) is 0. The molecule has 2 aromatic rings. The van der Waals surface area contributed by atoms with E-state index in [9.17, 15) is 9.59 Å². The topological polar surface area (TPSA) is 79.2 Å². The van der Waals surface area contributed by atoms with E-state index in [0.717, 1.165) is 30.7 Å². The van der Waals surface area contributed by atoms with Gasteiger partial charge in [0.05, 0.1) is 6.04 Å². The normalized spacial score (nSPS) is 18.7. The molecule has 3 rings (SSSR count). The molecule has 0 saturated carbocycles. The van der Waals surface area contributed by atoms with Crippen molar-refractivity contribution in [1.82, 2.24) is 15.0 Å². The molecule has 1 saturated heterocycles. The van der Waals surface area contributed by atoms with Crippen molar-refractivity contribution in [2.24, 2.45) is 0 Å². The number of H-pyrrole nitrogens is 1. The molecule has 0 aromatic carbocycles. The molecule has 0 spiro atoms. The van der Waals surface area contributed by atoms with Crippen LogP contribution in [0.15, 0.2) is 33.6 Å². The summed E-state index contributed by atoms with van der Waals surface area (Å²) in [6.45, 7) is 2.49. The van der Waals surface area contributed by atoms with Crippen LogP contribution in [0.4, 0.5) is 0 Å². The van der Waals surface area contributed by atoms with Crippen molar-refractivity contribution in [1.29, 1.82) is 0 Å². The van der Waals surface area contributed by atoms with Gasteiger partial charge in [0.1, 0.15) is 17.1 Å². The van der Waals surface area contributed by atoms with Crippen LogP contribution < -0.4 is 5.56 Å². The number of nitrogens with zero attached hydrogens (tertiary/aromatic N) is 2. The summed E-state index contributed by atoms with van der Waals surface area (Å²) in [4.78, 5) is 28.4. The highest BCUT2D eigenvalue weighted by Crippen LogP contribution is 2.31. The maximum absolute atomic E-state index is 12.6. The van der Waals surface area contributed by atoms with E-state index in [1.54, 1.807) is 17.0 Å². The number of aryl methyl sites for hydroxylation is 1. The summed E-state index contributed by atoms with van der Waals surface area (Å²) in [6, 6.07) is 6.39. The summed E-state index contributed by atoms with van der Waals surface area (Å²) in [5.74, 6) is 0.564. The van der Waals surface area contributed by atoms with E-state index in [1.165, 1.54) is 6.07 Å². The zero-order valence-corrected chi connectivity index (χ0v) is 11.8. The van der Waals surface area contributed by atoms with Crippen LogP contribution in [0.3, 0.4) is 0 Å². The summed E-state index contributed by atoms with van der Waals surface area (Å²) >= 11 is 0. The minimum absolute atomic E-state index is 0.0904. The number of amides is 1. The van der Waals surface area contributed by atoms with Crippen molar-refractivity contribution in [3.8, 4) is 0 Å². The number of rotatable bonds is 2. The van der Waals surface area contributed by atoms with Crippen LogP contribution in [0.1, 0.15) is 47.2 Å². The quantitative estimate of drug-likeness (QED) is 0.916. The van der Waals surface area contributed by atoms with Gasteiger partial charge in [-0.1, -0.05) is 11.2 Å². The highest BCUT2D eigenvalue weighted by Gasteiger charge is 2.31. The fraction of sp³-hybridized carbons (Fsp3) is 0.400. The Labute approximate surface area is 121 Å². The molecule has 6 heteroatoms. The standard InChI is InChI=1S/C15H17N3O3/c1-10-9-12(17-21-10)13-6-2-3-8-18(13)15(20)11-5-4-7-14(19)16-11/h4-5,7,9,13H,2-3,6,8H2,1H3,(H,16,19)/t13-/m0/s1. The molecular formula is C15H17N3O3. The highest BCUT2D eigenvalue weighted by molar-refractivity contribution is 5.92. The molecule has 0 unspecified atom stereocenters. The van der Waals surface area contributed by atoms with Gasteiger partial charge in [-0.2, -0.15) is 0 Å². The molecule has 2 aromatic heterocycles. The number of likely N-dealkylation sites (tertiary alicyclic amines) is 1. The van der Waals surface area contributed by atoms with Crippen molar-refractivity contribution in [2.75, 3.05) is 6.54 Å². The number of nitrogens with one attached hydrogen (secondary N) is 1. The summed E-state index contributed by atoms with van der Waals surface area (Å²) in [6.07, 6.45) is 2.86. The molecule has 1 amide bonds. The number of piperidine rings is 1. The first kappa shape index (κ1) is 13.6. The maximum Gasteiger partial charge on any atom is 0.270 e. The van der Waals surface area contributed by atoms with E-state index in [1.807, 2.05) is 13.0 Å². The second-order valence-corrected chi connectivity index (χ2v) is 5.30.